The minimum atomic E-state index is -0.883. The fourth-order valence-corrected chi connectivity index (χ4v) is 4.07. The van der Waals surface area contributed by atoms with Gasteiger partial charge in [0.25, 0.3) is 0 Å². The van der Waals surface area contributed by atoms with Crippen molar-refractivity contribution in [2.75, 3.05) is 0 Å². The zero-order valence-corrected chi connectivity index (χ0v) is 20.9. The van der Waals surface area contributed by atoms with Crippen molar-refractivity contribution in [2.24, 2.45) is 0 Å². The third kappa shape index (κ3) is 6.64. The second-order valence-corrected chi connectivity index (χ2v) is 8.78. The van der Waals surface area contributed by atoms with Gasteiger partial charge in [-0.1, -0.05) is 74.0 Å². The van der Waals surface area contributed by atoms with Gasteiger partial charge in [0.2, 0.25) is 0 Å². The third-order valence-corrected chi connectivity index (χ3v) is 6.07. The number of esters is 1. The number of hydrogen-bond acceptors (Lipinski definition) is 6. The van der Waals surface area contributed by atoms with Gasteiger partial charge >= 0.3 is 17.7 Å². The van der Waals surface area contributed by atoms with Crippen molar-refractivity contribution in [3.05, 3.63) is 112 Å². The van der Waals surface area contributed by atoms with E-state index in [1.54, 1.807) is 12.1 Å². The Kier molecular flexibility index (Phi) is 8.36. The van der Waals surface area contributed by atoms with Gasteiger partial charge in [0.15, 0.2) is 0 Å². The molecule has 0 saturated heterocycles. The topological polar surface area (TPSA) is 94.8 Å². The summed E-state index contributed by atoms with van der Waals surface area (Å²) in [6.45, 7) is 3.87. The molecule has 3 aromatic carbocycles. The maximum atomic E-state index is 12.9. The molecule has 37 heavy (non-hydrogen) atoms. The minimum Gasteiger partial charge on any atom is -0.445 e. The van der Waals surface area contributed by atoms with Crippen LogP contribution in [0.25, 0.3) is 11.0 Å². The lowest BCUT2D eigenvalue weighted by Gasteiger charge is -2.17. The first kappa shape index (κ1) is 25.7. The Hall–Kier alpha value is -4.39. The Morgan fingerprint density at radius 2 is 1.62 bits per heavy atom. The molecule has 1 amide bonds. The van der Waals surface area contributed by atoms with Crippen LogP contribution < -0.4 is 15.7 Å². The van der Waals surface area contributed by atoms with Crippen LogP contribution in [0.5, 0.6) is 5.75 Å². The van der Waals surface area contributed by atoms with Gasteiger partial charge in [-0.25, -0.2) is 14.4 Å². The molecule has 0 fully saturated rings. The number of ether oxygens (including phenoxy) is 2. The molecule has 1 aromatic heterocycles. The summed E-state index contributed by atoms with van der Waals surface area (Å²) in [5.41, 5.74) is 3.16. The van der Waals surface area contributed by atoms with E-state index < -0.39 is 23.7 Å². The van der Waals surface area contributed by atoms with Gasteiger partial charge in [0, 0.05) is 23.4 Å². The van der Waals surface area contributed by atoms with Crippen molar-refractivity contribution in [3.63, 3.8) is 0 Å². The Bertz CT molecular complexity index is 1430. The zero-order valence-electron chi connectivity index (χ0n) is 20.9. The van der Waals surface area contributed by atoms with Gasteiger partial charge in [0.1, 0.15) is 24.0 Å². The molecule has 7 nitrogen and oxygen atoms in total. The monoisotopic (exact) mass is 499 g/mol. The normalized spacial score (nSPS) is 11.6. The minimum absolute atomic E-state index is 0.0931. The highest BCUT2D eigenvalue weighted by molar-refractivity contribution is 5.86. The Labute approximate surface area is 215 Å². The highest BCUT2D eigenvalue weighted by atomic mass is 16.6. The van der Waals surface area contributed by atoms with E-state index in [1.807, 2.05) is 74.5 Å². The second-order valence-electron chi connectivity index (χ2n) is 8.78. The van der Waals surface area contributed by atoms with E-state index in [0.717, 1.165) is 22.1 Å². The van der Waals surface area contributed by atoms with E-state index in [-0.39, 0.29) is 12.4 Å². The number of carbonyl (C=O) groups is 2. The third-order valence-electron chi connectivity index (χ3n) is 6.07. The van der Waals surface area contributed by atoms with Crippen LogP contribution in [0.2, 0.25) is 0 Å². The van der Waals surface area contributed by atoms with Crippen LogP contribution in [0.15, 0.2) is 88.1 Å². The molecule has 0 radical (unpaired) electrons. The first-order valence-corrected chi connectivity index (χ1v) is 12.2. The summed E-state index contributed by atoms with van der Waals surface area (Å²) >= 11 is 0. The maximum absolute atomic E-state index is 12.9. The first-order chi connectivity index (χ1) is 17.9. The lowest BCUT2D eigenvalue weighted by Crippen LogP contribution is -2.43. The standard InChI is InChI=1S/C30H29NO6/c1-3-10-26(31-30(34)35-19-22-13-8-5-9-14-22)29(33)36-23-15-16-24-20(2)25(28(32)37-27(24)18-23)17-21-11-6-4-7-12-21/h4-9,11-16,18,26H,3,10,17,19H2,1-2H3,(H,31,34). The molecule has 190 valence electrons. The second kappa shape index (κ2) is 12.0. The molecule has 4 aromatic rings. The van der Waals surface area contributed by atoms with Crippen molar-refractivity contribution in [1.82, 2.24) is 5.32 Å². The number of fused-ring (bicyclic) bond motifs is 1. The number of carbonyl (C=O) groups excluding carboxylic acids is 2. The SMILES string of the molecule is CCCC(NC(=O)OCc1ccccc1)C(=O)Oc1ccc2c(C)c(Cc3ccccc3)c(=O)oc2c1. The lowest BCUT2D eigenvalue weighted by atomic mass is 10.00. The number of nitrogens with one attached hydrogen (secondary N) is 1. The van der Waals surface area contributed by atoms with Crippen LogP contribution in [0.3, 0.4) is 0 Å². The van der Waals surface area contributed by atoms with Crippen LogP contribution >= 0.6 is 0 Å². The Morgan fingerprint density at radius 1 is 0.946 bits per heavy atom. The lowest BCUT2D eigenvalue weighted by molar-refractivity contribution is -0.136. The number of alkyl carbamates (subject to hydrolysis) is 1. The highest BCUT2D eigenvalue weighted by Crippen LogP contribution is 2.25. The molecule has 1 N–H and O–H groups in total. The number of benzene rings is 3. The Balaban J connectivity index is 1.45. The molecule has 0 aliphatic carbocycles. The summed E-state index contributed by atoms with van der Waals surface area (Å²) in [4.78, 5) is 37.9. The van der Waals surface area contributed by atoms with Crippen molar-refractivity contribution in [2.45, 2.75) is 45.8 Å². The summed E-state index contributed by atoms with van der Waals surface area (Å²) in [5.74, 6) is -0.408. The first-order valence-electron chi connectivity index (χ1n) is 12.2. The van der Waals surface area contributed by atoms with Gasteiger partial charge in [0.05, 0.1) is 0 Å². The number of amides is 1. The van der Waals surface area contributed by atoms with Crippen LogP contribution in [0.1, 0.15) is 42.0 Å². The van der Waals surface area contributed by atoms with Crippen LogP contribution in [0, 0.1) is 6.92 Å². The average molecular weight is 500 g/mol. The fraction of sp³-hybridized carbons (Fsp3) is 0.233. The van der Waals surface area contributed by atoms with Crippen molar-refractivity contribution < 1.29 is 23.5 Å². The van der Waals surface area contributed by atoms with E-state index in [0.29, 0.717) is 30.4 Å². The summed E-state index contributed by atoms with van der Waals surface area (Å²) in [6, 6.07) is 23.0. The van der Waals surface area contributed by atoms with Crippen LogP contribution in [-0.2, 0) is 22.6 Å². The number of hydrogen-bond donors (Lipinski definition) is 1. The summed E-state index contributed by atoms with van der Waals surface area (Å²) in [7, 11) is 0. The molecular weight excluding hydrogens is 470 g/mol. The number of aryl methyl sites for hydroxylation is 1. The smallest absolute Gasteiger partial charge is 0.408 e. The predicted octanol–water partition coefficient (Wildman–Crippen LogP) is 5.69. The molecule has 7 heteroatoms. The number of rotatable bonds is 9. The fourth-order valence-electron chi connectivity index (χ4n) is 4.07. The molecule has 0 saturated carbocycles. The zero-order chi connectivity index (χ0) is 26.2. The van der Waals surface area contributed by atoms with E-state index in [1.165, 1.54) is 6.07 Å². The quantitative estimate of drug-likeness (QED) is 0.181. The average Bonchev–Trinajstić information content (AvgIpc) is 2.90. The molecule has 1 heterocycles. The Morgan fingerprint density at radius 3 is 2.30 bits per heavy atom. The van der Waals surface area contributed by atoms with Crippen LogP contribution in [-0.4, -0.2) is 18.1 Å². The van der Waals surface area contributed by atoms with E-state index in [9.17, 15) is 14.4 Å². The molecule has 1 unspecified atom stereocenters. The molecular formula is C30H29NO6. The molecule has 0 aliphatic heterocycles. The molecule has 0 spiro atoms. The molecule has 0 aliphatic rings. The largest absolute Gasteiger partial charge is 0.445 e. The molecule has 4 rings (SSSR count). The van der Waals surface area contributed by atoms with Crippen molar-refractivity contribution in [1.29, 1.82) is 0 Å². The van der Waals surface area contributed by atoms with E-state index >= 15 is 0 Å². The highest BCUT2D eigenvalue weighted by Gasteiger charge is 2.23. The van der Waals surface area contributed by atoms with Crippen LogP contribution in [0.4, 0.5) is 4.79 Å². The van der Waals surface area contributed by atoms with Gasteiger partial charge in [-0.15, -0.1) is 0 Å². The van der Waals surface area contributed by atoms with Gasteiger partial charge in [-0.2, -0.15) is 0 Å². The molecule has 1 atom stereocenters. The van der Waals surface area contributed by atoms with E-state index in [2.05, 4.69) is 5.32 Å². The molecule has 0 bridgehead atoms. The van der Waals surface area contributed by atoms with Gasteiger partial charge < -0.3 is 19.2 Å². The van der Waals surface area contributed by atoms with Crippen molar-refractivity contribution in [3.8, 4) is 5.75 Å². The summed E-state index contributed by atoms with van der Waals surface area (Å²) < 4.78 is 16.3. The van der Waals surface area contributed by atoms with Crippen molar-refractivity contribution >= 4 is 23.0 Å². The van der Waals surface area contributed by atoms with E-state index in [4.69, 9.17) is 13.9 Å². The summed E-state index contributed by atoms with van der Waals surface area (Å²) in [6.07, 6.45) is 0.788. The van der Waals surface area contributed by atoms with Gasteiger partial charge in [-0.05, 0) is 42.2 Å². The summed E-state index contributed by atoms with van der Waals surface area (Å²) in [5, 5.41) is 3.35. The predicted molar refractivity (Wildman–Crippen MR) is 141 cm³/mol. The maximum Gasteiger partial charge on any atom is 0.408 e. The van der Waals surface area contributed by atoms with Gasteiger partial charge in [-0.3, -0.25) is 0 Å².